The third-order valence-electron chi connectivity index (χ3n) is 0. The van der Waals surface area contributed by atoms with E-state index in [1.807, 2.05) is 0 Å². The van der Waals surface area contributed by atoms with E-state index in [0.29, 0.717) is 0 Å². The van der Waals surface area contributed by atoms with Crippen molar-refractivity contribution in [1.82, 2.24) is 6.15 Å². The number of hydrogen-bond acceptors (Lipinski definition) is 0. The molecule has 0 heterocycles. The molecule has 0 aromatic heterocycles. The van der Waals surface area contributed by atoms with Crippen molar-refractivity contribution in [3.8, 4) is 0 Å². The van der Waals surface area contributed by atoms with Gasteiger partial charge in [0.05, 0.1) is 0 Å². The summed E-state index contributed by atoms with van der Waals surface area (Å²) in [6, 6.07) is 0. The number of nitrogens with zero attached hydrogens (tertiary/aromatic N) is 1. The predicted molar refractivity (Wildman–Crippen MR) is 20.6 cm³/mol. The zero-order chi connectivity index (χ0) is 0. The smallest absolute Gasteiger partial charge is 0 e. The van der Waals surface area contributed by atoms with Gasteiger partial charge in [-0.15, -0.1) is 0 Å². The van der Waals surface area contributed by atoms with Crippen LogP contribution in [0.25, 0.3) is 0 Å². The fourth-order valence-electron chi connectivity index (χ4n) is 0. The van der Waals surface area contributed by atoms with Crippen LogP contribution in [0.2, 0.25) is 0 Å². The van der Waals surface area contributed by atoms with Gasteiger partial charge in [0.25, 0.3) is 0 Å². The fraction of sp³-hybridized carbons (Fsp3) is 0. The molecule has 0 fully saturated rings. The van der Waals surface area contributed by atoms with Crippen LogP contribution in [-0.4, -0.2) is 42.4 Å². The molecule has 20 valence electrons. The van der Waals surface area contributed by atoms with Gasteiger partial charge in [-0.1, -0.05) is 0 Å². The van der Waals surface area contributed by atoms with Crippen LogP contribution in [0.15, 0.2) is 0 Å². The van der Waals surface area contributed by atoms with Gasteiger partial charge in [-0.05, 0) is 0 Å². The van der Waals surface area contributed by atoms with Gasteiger partial charge in [-0.25, -0.2) is 0 Å². The van der Waals surface area contributed by atoms with Crippen LogP contribution in [-0.2, 0) is 0 Å². The second kappa shape index (κ2) is 21.7. The van der Waals surface area contributed by atoms with Crippen LogP contribution in [0.1, 0.15) is 0 Å². The normalized spacial score (nSPS) is 0. The topological polar surface area (TPSA) is 30.5 Å². The Bertz CT molecular complexity index is 8.00. The number of rotatable bonds is 0. The first-order valence-corrected chi connectivity index (χ1v) is 0. The molecule has 12 radical (unpaired) electrons. The molecule has 0 aromatic carbocycles. The van der Waals surface area contributed by atoms with Crippen LogP contribution >= 0.6 is 9.90 Å². The first-order valence-electron chi connectivity index (χ1n) is 0. The maximum absolute atomic E-state index is 0. The van der Waals surface area contributed by atoms with Crippen LogP contribution in [0, 0.1) is 0 Å². The van der Waals surface area contributed by atoms with Gasteiger partial charge < -0.3 is 0 Å². The van der Waals surface area contributed by atoms with Gasteiger partial charge >= 0.3 is 0 Å². The Kier molecular flexibility index (Phi) is 227. The van der Waals surface area contributed by atoms with E-state index in [2.05, 4.69) is 0 Å². The maximum Gasteiger partial charge on any atom is 0 e. The van der Waals surface area contributed by atoms with Crippen LogP contribution in [0.4, 0.5) is 0 Å². The van der Waals surface area contributed by atoms with Gasteiger partial charge in [0.15, 0.2) is 0 Å². The van der Waals surface area contributed by atoms with Gasteiger partial charge in [0, 0.05) is 58.4 Å². The first-order chi connectivity index (χ1) is 0. The molecular formula is AsNPSb. The van der Waals surface area contributed by atoms with Gasteiger partial charge in [0.2, 0.25) is 0 Å². The molecule has 0 spiro atoms. The van der Waals surface area contributed by atoms with E-state index in [1.54, 1.807) is 0 Å². The second-order valence-electron chi connectivity index (χ2n) is 0. The Morgan fingerprint density at radius 1 is 1.00 bits per heavy atom. The quantitative estimate of drug-likeness (QED) is 0.409. The molecule has 4 heavy (non-hydrogen) atoms. The first kappa shape index (κ1) is 42.0. The summed E-state index contributed by atoms with van der Waals surface area (Å²) in [6.07, 6.45) is 0. The molecule has 0 aliphatic carbocycles. The minimum atomic E-state index is 0. The molecule has 0 saturated carbocycles. The second-order valence-corrected chi connectivity index (χ2v) is 0. The molecular weight excluding hydrogens is 242 g/mol. The monoisotopic (exact) mass is 241 g/mol. The van der Waals surface area contributed by atoms with Crippen molar-refractivity contribution in [2.75, 3.05) is 0 Å². The molecule has 0 amide bonds. The molecule has 0 saturated heterocycles. The minimum Gasteiger partial charge on any atom is 0 e. The molecule has 0 aliphatic rings. The maximum atomic E-state index is 0. The van der Waals surface area contributed by atoms with Crippen molar-refractivity contribution in [2.45, 2.75) is 0 Å². The average Bonchev–Trinajstić information content (AvgIpc) is 0. The number of hydrogen-bond donors (Lipinski definition) is 0. The SMILES string of the molecule is [As].[N].[P].[Sb]. The van der Waals surface area contributed by atoms with E-state index in [1.165, 1.54) is 0 Å². The van der Waals surface area contributed by atoms with Gasteiger partial charge in [-0.2, -0.15) is 0 Å². The fourth-order valence-corrected chi connectivity index (χ4v) is 0. The van der Waals surface area contributed by atoms with Crippen molar-refractivity contribution in [3.63, 3.8) is 0 Å². The zero-order valence-electron chi connectivity index (χ0n) is 1.79. The van der Waals surface area contributed by atoms with Crippen molar-refractivity contribution in [1.29, 1.82) is 0 Å². The third kappa shape index (κ3) is 9.24. The van der Waals surface area contributed by atoms with Crippen LogP contribution < -0.4 is 6.15 Å². The van der Waals surface area contributed by atoms with Crippen molar-refractivity contribution in [3.05, 3.63) is 0 Å². The van der Waals surface area contributed by atoms with Gasteiger partial charge in [0.1, 0.15) is 0 Å². The molecule has 1 nitrogen and oxygen atoms in total. The molecule has 0 bridgehead atoms. The van der Waals surface area contributed by atoms with E-state index in [4.69, 9.17) is 0 Å². The van der Waals surface area contributed by atoms with E-state index in [0.717, 1.165) is 0 Å². The Morgan fingerprint density at radius 3 is 1.00 bits per heavy atom. The predicted octanol–water partition coefficient (Wildman–Crippen LogP) is -0.381. The molecule has 0 N–H and O–H groups in total. The van der Waals surface area contributed by atoms with E-state index >= 15 is 0 Å². The Morgan fingerprint density at radius 2 is 1.00 bits per heavy atom. The standard InChI is InChI=1S/As.N.P.Sb. The molecule has 4 heteroatoms. The minimum absolute atomic E-state index is 0. The summed E-state index contributed by atoms with van der Waals surface area (Å²) in [4.78, 5) is 0. The summed E-state index contributed by atoms with van der Waals surface area (Å²) in [5.74, 6) is 0. The van der Waals surface area contributed by atoms with Crippen molar-refractivity contribution in [2.24, 2.45) is 0 Å². The van der Waals surface area contributed by atoms with Gasteiger partial charge in [-0.3, -0.25) is 0 Å². The summed E-state index contributed by atoms with van der Waals surface area (Å²) in [6.45, 7) is 0. The Labute approximate surface area is 58.3 Å². The van der Waals surface area contributed by atoms with E-state index < -0.39 is 0 Å². The summed E-state index contributed by atoms with van der Waals surface area (Å²) in [5, 5.41) is 0. The molecule has 0 aliphatic heterocycles. The Balaban J connectivity index is 0. The van der Waals surface area contributed by atoms with Crippen LogP contribution in [0.5, 0.6) is 0 Å². The summed E-state index contributed by atoms with van der Waals surface area (Å²) >= 11 is 0. The van der Waals surface area contributed by atoms with Crippen LogP contribution in [0.3, 0.4) is 0 Å². The van der Waals surface area contributed by atoms with Crippen molar-refractivity contribution < 1.29 is 0 Å². The zero-order valence-corrected chi connectivity index (χ0v) is 7.11. The summed E-state index contributed by atoms with van der Waals surface area (Å²) < 4.78 is 0. The van der Waals surface area contributed by atoms with E-state index in [-0.39, 0.29) is 58.4 Å². The van der Waals surface area contributed by atoms with Crippen molar-refractivity contribution >= 4 is 52.3 Å². The Hall–Kier alpha value is 1.77. The largest absolute Gasteiger partial charge is 0 e. The summed E-state index contributed by atoms with van der Waals surface area (Å²) in [5.41, 5.74) is 0. The average molecular weight is 242 g/mol. The molecule has 0 unspecified atom stereocenters. The molecule has 0 atom stereocenters. The van der Waals surface area contributed by atoms with E-state index in [9.17, 15) is 0 Å². The summed E-state index contributed by atoms with van der Waals surface area (Å²) in [7, 11) is 0. The molecule has 0 rings (SSSR count). The third-order valence-corrected chi connectivity index (χ3v) is 0. The molecule has 0 aromatic rings.